The molecule has 0 bridgehead atoms. The summed E-state index contributed by atoms with van der Waals surface area (Å²) in [6.07, 6.45) is 0. The number of thiocarbonyl (C=S) groups is 1. The lowest BCUT2D eigenvalue weighted by Crippen LogP contribution is -2.13. The average Bonchev–Trinajstić information content (AvgIpc) is 2.59. The lowest BCUT2D eigenvalue weighted by Gasteiger charge is -2.09. The number of hydrogen-bond donors (Lipinski definition) is 0. The van der Waals surface area contributed by atoms with Crippen LogP contribution in [-0.4, -0.2) is 24.2 Å². The Morgan fingerprint density at radius 1 is 1.00 bits per heavy atom. The van der Waals surface area contributed by atoms with E-state index in [4.69, 9.17) is 33.3 Å². The third kappa shape index (κ3) is 5.18. The van der Waals surface area contributed by atoms with E-state index >= 15 is 0 Å². The van der Waals surface area contributed by atoms with E-state index in [1.807, 2.05) is 48.5 Å². The lowest BCUT2D eigenvalue weighted by atomic mass is 10.0. The molecule has 0 aliphatic carbocycles. The Morgan fingerprint density at radius 2 is 1.50 bits per heavy atom. The number of rotatable bonds is 6. The van der Waals surface area contributed by atoms with E-state index in [2.05, 4.69) is 6.58 Å². The zero-order valence-electron chi connectivity index (χ0n) is 13.3. The molecule has 2 rings (SSSR count). The smallest absolute Gasteiger partial charge is 0.333 e. The van der Waals surface area contributed by atoms with Crippen LogP contribution in [0.1, 0.15) is 12.5 Å². The van der Waals surface area contributed by atoms with Crippen molar-refractivity contribution in [3.63, 3.8) is 0 Å². The van der Waals surface area contributed by atoms with E-state index in [9.17, 15) is 4.79 Å². The van der Waals surface area contributed by atoms with Gasteiger partial charge in [-0.3, -0.25) is 0 Å². The molecule has 0 amide bonds. The van der Waals surface area contributed by atoms with Gasteiger partial charge in [0.05, 0.1) is 0 Å². The van der Waals surface area contributed by atoms with Crippen molar-refractivity contribution in [2.24, 2.45) is 0 Å². The van der Waals surface area contributed by atoms with Gasteiger partial charge in [-0.15, -0.1) is 0 Å². The van der Waals surface area contributed by atoms with Gasteiger partial charge in [0.15, 0.2) is 5.05 Å². The van der Waals surface area contributed by atoms with E-state index in [0.717, 1.165) is 16.7 Å². The highest BCUT2D eigenvalue weighted by Gasteiger charge is 2.06. The van der Waals surface area contributed by atoms with Gasteiger partial charge in [0.2, 0.25) is 0 Å². The van der Waals surface area contributed by atoms with Crippen LogP contribution in [0.2, 0.25) is 5.02 Å². The minimum atomic E-state index is -0.433. The monoisotopic (exact) mass is 360 g/mol. The van der Waals surface area contributed by atoms with Crippen LogP contribution < -0.4 is 0 Å². The van der Waals surface area contributed by atoms with Gasteiger partial charge in [0, 0.05) is 16.2 Å². The number of hydrogen-bond acceptors (Lipinski definition) is 4. The highest BCUT2D eigenvalue weighted by Crippen LogP contribution is 2.22. The molecular weight excluding hydrogens is 344 g/mol. The molecule has 0 unspecified atom stereocenters. The second-order valence-corrected chi connectivity index (χ2v) is 5.94. The number of ether oxygens (including phenoxy) is 2. The zero-order valence-corrected chi connectivity index (χ0v) is 14.8. The van der Waals surface area contributed by atoms with Gasteiger partial charge in [-0.2, -0.15) is 0 Å². The largest absolute Gasteiger partial charge is 0.479 e. The molecule has 0 aliphatic rings. The van der Waals surface area contributed by atoms with E-state index in [1.54, 1.807) is 6.92 Å². The molecule has 24 heavy (non-hydrogen) atoms. The first-order chi connectivity index (χ1) is 11.5. The normalized spacial score (nSPS) is 10.1. The Balaban J connectivity index is 1.88. The van der Waals surface area contributed by atoms with Crippen molar-refractivity contribution in [3.8, 4) is 11.1 Å². The van der Waals surface area contributed by atoms with Gasteiger partial charge in [-0.25, -0.2) is 4.79 Å². The summed E-state index contributed by atoms with van der Waals surface area (Å²) >= 11 is 11.1. The number of benzene rings is 2. The molecule has 3 nitrogen and oxygen atoms in total. The molecule has 0 atom stereocenters. The summed E-state index contributed by atoms with van der Waals surface area (Å²) in [6.45, 7) is 5.44. The predicted octanol–water partition coefficient (Wildman–Crippen LogP) is 4.82. The molecule has 0 aromatic heterocycles. The fraction of sp³-hybridized carbons (Fsp3) is 0.158. The number of carbonyl (C=O) groups excluding carboxylic acids is 1. The second-order valence-electron chi connectivity index (χ2n) is 5.14. The molecule has 0 N–H and O–H groups in total. The predicted molar refractivity (Wildman–Crippen MR) is 100 cm³/mol. The summed E-state index contributed by atoms with van der Waals surface area (Å²) in [6, 6.07) is 15.4. The molecule has 0 saturated carbocycles. The molecule has 0 fully saturated rings. The molecule has 0 aliphatic heterocycles. The maximum atomic E-state index is 11.2. The second kappa shape index (κ2) is 8.62. The van der Waals surface area contributed by atoms with Crippen LogP contribution in [0.5, 0.6) is 0 Å². The molecule has 2 aromatic carbocycles. The summed E-state index contributed by atoms with van der Waals surface area (Å²) < 4.78 is 10.4. The van der Waals surface area contributed by atoms with Crippen molar-refractivity contribution in [3.05, 3.63) is 71.3 Å². The van der Waals surface area contributed by atoms with Crippen LogP contribution >= 0.6 is 23.8 Å². The quantitative estimate of drug-likeness (QED) is 0.320. The van der Waals surface area contributed by atoms with Crippen LogP contribution in [0.3, 0.4) is 0 Å². The average molecular weight is 361 g/mol. The van der Waals surface area contributed by atoms with Gasteiger partial charge in [-0.05, 0) is 54.5 Å². The van der Waals surface area contributed by atoms with Crippen molar-refractivity contribution < 1.29 is 14.3 Å². The van der Waals surface area contributed by atoms with E-state index in [1.165, 1.54) is 0 Å². The maximum absolute atomic E-state index is 11.2. The van der Waals surface area contributed by atoms with Gasteiger partial charge < -0.3 is 9.47 Å². The third-order valence-corrected chi connectivity index (χ3v) is 3.80. The molecule has 2 aromatic rings. The summed E-state index contributed by atoms with van der Waals surface area (Å²) in [5.74, 6) is -0.433. The molecule has 0 saturated heterocycles. The molecule has 0 radical (unpaired) electrons. The Hall–Kier alpha value is -2.17. The Morgan fingerprint density at radius 3 is 2.04 bits per heavy atom. The van der Waals surface area contributed by atoms with E-state index in [-0.39, 0.29) is 13.2 Å². The highest BCUT2D eigenvalue weighted by molar-refractivity contribution is 7.80. The van der Waals surface area contributed by atoms with Gasteiger partial charge in [0.25, 0.3) is 0 Å². The topological polar surface area (TPSA) is 35.5 Å². The maximum Gasteiger partial charge on any atom is 0.333 e. The number of carbonyl (C=O) groups is 1. The van der Waals surface area contributed by atoms with Crippen LogP contribution in [0.4, 0.5) is 0 Å². The van der Waals surface area contributed by atoms with E-state index in [0.29, 0.717) is 15.6 Å². The molecule has 124 valence electrons. The van der Waals surface area contributed by atoms with Crippen LogP contribution in [0, 0.1) is 0 Å². The SMILES string of the molecule is C=C(C)C(=O)OCCOC(=S)c1ccc(-c2ccc(Cl)cc2)cc1. The number of halogens is 1. The Kier molecular flexibility index (Phi) is 6.53. The minimum absolute atomic E-state index is 0.134. The van der Waals surface area contributed by atoms with Crippen LogP contribution in [0.25, 0.3) is 11.1 Å². The van der Waals surface area contributed by atoms with Gasteiger partial charge in [0.1, 0.15) is 13.2 Å². The Labute approximate surface area is 151 Å². The summed E-state index contributed by atoms with van der Waals surface area (Å²) in [5.41, 5.74) is 3.29. The fourth-order valence-electron chi connectivity index (χ4n) is 1.92. The molecular formula is C19H17ClO3S. The lowest BCUT2D eigenvalue weighted by molar-refractivity contribution is -0.139. The first-order valence-corrected chi connectivity index (χ1v) is 8.12. The summed E-state index contributed by atoms with van der Waals surface area (Å²) in [5, 5.41) is 1.07. The van der Waals surface area contributed by atoms with Crippen LogP contribution in [0.15, 0.2) is 60.7 Å². The van der Waals surface area contributed by atoms with Crippen molar-refractivity contribution in [2.45, 2.75) is 6.92 Å². The highest BCUT2D eigenvalue weighted by atomic mass is 35.5. The number of esters is 1. The first-order valence-electron chi connectivity index (χ1n) is 7.33. The zero-order chi connectivity index (χ0) is 17.5. The Bertz CT molecular complexity index is 736. The first kappa shape index (κ1) is 18.2. The molecule has 0 spiro atoms. The third-order valence-electron chi connectivity index (χ3n) is 3.20. The van der Waals surface area contributed by atoms with Gasteiger partial charge in [-0.1, -0.05) is 42.4 Å². The fourth-order valence-corrected chi connectivity index (χ4v) is 2.26. The summed E-state index contributed by atoms with van der Waals surface area (Å²) in [7, 11) is 0. The molecule has 5 heteroatoms. The summed E-state index contributed by atoms with van der Waals surface area (Å²) in [4.78, 5) is 11.2. The standard InChI is InChI=1S/C19H17ClO3S/c1-13(2)18(21)22-11-12-23-19(24)16-5-3-14(4-6-16)15-7-9-17(20)10-8-15/h3-10H,1,11-12H2,2H3. The van der Waals surface area contributed by atoms with Gasteiger partial charge >= 0.3 is 5.97 Å². The van der Waals surface area contributed by atoms with Crippen molar-refractivity contribution in [1.29, 1.82) is 0 Å². The van der Waals surface area contributed by atoms with Crippen LogP contribution in [-0.2, 0) is 14.3 Å². The van der Waals surface area contributed by atoms with Crippen molar-refractivity contribution in [1.82, 2.24) is 0 Å². The van der Waals surface area contributed by atoms with Crippen molar-refractivity contribution >= 4 is 34.8 Å². The minimum Gasteiger partial charge on any atom is -0.479 e. The molecule has 0 heterocycles. The van der Waals surface area contributed by atoms with E-state index < -0.39 is 5.97 Å². The van der Waals surface area contributed by atoms with Crippen molar-refractivity contribution in [2.75, 3.05) is 13.2 Å².